The third kappa shape index (κ3) is 0.958. The van der Waals surface area contributed by atoms with Crippen molar-refractivity contribution in [1.29, 1.82) is 0 Å². The Balaban J connectivity index is 2.83. The molecular weight excluding hydrogens is 142 g/mol. The lowest BCUT2D eigenvalue weighted by atomic mass is 10.5. The lowest BCUT2D eigenvalue weighted by molar-refractivity contribution is 1.15. The van der Waals surface area contributed by atoms with Crippen molar-refractivity contribution < 1.29 is 0 Å². The largest absolute Gasteiger partial charge is 0.368 e. The Morgan fingerprint density at radius 1 is 1.36 bits per heavy atom. The van der Waals surface area contributed by atoms with Crippen molar-refractivity contribution in [3.8, 4) is 0 Å². The highest BCUT2D eigenvalue weighted by molar-refractivity contribution is 5.68. The molecule has 0 amide bonds. The second-order valence-electron chi connectivity index (χ2n) is 1.94. The van der Waals surface area contributed by atoms with Crippen LogP contribution in [0, 0.1) is 6.20 Å². The second kappa shape index (κ2) is 2.12. The Kier molecular flexibility index (Phi) is 1.15. The van der Waals surface area contributed by atoms with E-state index in [4.69, 9.17) is 5.73 Å². The number of nitrogens with two attached hydrogens (primary N) is 1. The summed E-state index contributed by atoms with van der Waals surface area (Å²) >= 11 is 0. The van der Waals surface area contributed by atoms with E-state index in [9.17, 15) is 0 Å². The number of rotatable bonds is 0. The summed E-state index contributed by atoms with van der Waals surface area (Å²) in [6, 6.07) is 0. The summed E-state index contributed by atoms with van der Waals surface area (Å²) in [4.78, 5) is 15.3. The molecule has 2 aromatic rings. The van der Waals surface area contributed by atoms with E-state index in [-0.39, 0.29) is 5.95 Å². The van der Waals surface area contributed by atoms with Crippen molar-refractivity contribution in [1.82, 2.24) is 19.9 Å². The zero-order valence-corrected chi connectivity index (χ0v) is 5.52. The first-order valence-corrected chi connectivity index (χ1v) is 2.97. The van der Waals surface area contributed by atoms with Gasteiger partial charge in [-0.1, -0.05) is 0 Å². The average Bonchev–Trinajstić information content (AvgIpc) is 2.04. The quantitative estimate of drug-likeness (QED) is 0.557. The smallest absolute Gasteiger partial charge is 0.222 e. The maximum absolute atomic E-state index is 5.32. The molecule has 0 bridgehead atoms. The first kappa shape index (κ1) is 5.96. The number of anilines is 1. The van der Waals surface area contributed by atoms with E-state index in [1.54, 1.807) is 0 Å². The maximum atomic E-state index is 5.32. The lowest BCUT2D eigenvalue weighted by Gasteiger charge is -1.92. The first-order chi connectivity index (χ1) is 5.36. The van der Waals surface area contributed by atoms with Gasteiger partial charge >= 0.3 is 0 Å². The highest BCUT2D eigenvalue weighted by Gasteiger charge is 1.96. The normalized spacial score (nSPS) is 10.2. The van der Waals surface area contributed by atoms with Gasteiger partial charge in [-0.2, -0.15) is 4.98 Å². The molecule has 0 saturated heterocycles. The van der Waals surface area contributed by atoms with Crippen LogP contribution in [0.25, 0.3) is 11.2 Å². The van der Waals surface area contributed by atoms with Gasteiger partial charge in [-0.15, -0.1) is 0 Å². The van der Waals surface area contributed by atoms with Gasteiger partial charge in [0.05, 0.1) is 12.4 Å². The zero-order chi connectivity index (χ0) is 7.68. The van der Waals surface area contributed by atoms with Gasteiger partial charge in [-0.05, 0) is 0 Å². The van der Waals surface area contributed by atoms with Crippen LogP contribution in [0.15, 0.2) is 12.4 Å². The number of nitrogens with zero attached hydrogens (tertiary/aromatic N) is 4. The summed E-state index contributed by atoms with van der Waals surface area (Å²) in [6.45, 7) is 0. The Morgan fingerprint density at radius 3 is 3.18 bits per heavy atom. The van der Waals surface area contributed by atoms with Crippen molar-refractivity contribution in [2.45, 2.75) is 0 Å². The predicted molar refractivity (Wildman–Crippen MR) is 38.4 cm³/mol. The Morgan fingerprint density at radius 2 is 2.27 bits per heavy atom. The molecule has 0 fully saturated rings. The van der Waals surface area contributed by atoms with E-state index in [0.717, 1.165) is 0 Å². The minimum atomic E-state index is 0.206. The number of hydrogen-bond donors (Lipinski definition) is 1. The number of aromatic nitrogens is 4. The van der Waals surface area contributed by atoms with E-state index in [1.165, 1.54) is 12.4 Å². The van der Waals surface area contributed by atoms with Crippen LogP contribution in [-0.4, -0.2) is 19.9 Å². The summed E-state index contributed by atoms with van der Waals surface area (Å²) in [5.74, 6) is 0.206. The molecule has 0 aromatic carbocycles. The molecule has 0 atom stereocenters. The van der Waals surface area contributed by atoms with Crippen LogP contribution in [0.5, 0.6) is 0 Å². The van der Waals surface area contributed by atoms with Crippen molar-refractivity contribution in [2.24, 2.45) is 0 Å². The third-order valence-electron chi connectivity index (χ3n) is 1.20. The summed E-state index contributed by atoms with van der Waals surface area (Å²) in [5, 5.41) is 0. The van der Waals surface area contributed by atoms with Crippen molar-refractivity contribution >= 4 is 17.1 Å². The first-order valence-electron chi connectivity index (χ1n) is 2.97. The Hall–Kier alpha value is -1.78. The van der Waals surface area contributed by atoms with E-state index >= 15 is 0 Å². The molecular formula is C6H4N5. The molecule has 2 heterocycles. The third-order valence-corrected chi connectivity index (χ3v) is 1.20. The van der Waals surface area contributed by atoms with Gasteiger partial charge in [-0.3, -0.25) is 0 Å². The number of fused-ring (bicyclic) bond motifs is 1. The summed E-state index contributed by atoms with van der Waals surface area (Å²) < 4.78 is 0. The fourth-order valence-corrected chi connectivity index (χ4v) is 0.742. The van der Waals surface area contributed by atoms with Gasteiger partial charge in [0.1, 0.15) is 11.7 Å². The van der Waals surface area contributed by atoms with Gasteiger partial charge in [-0.25, -0.2) is 15.0 Å². The molecule has 53 valence electrons. The van der Waals surface area contributed by atoms with Crippen molar-refractivity contribution in [3.63, 3.8) is 0 Å². The van der Waals surface area contributed by atoms with Gasteiger partial charge < -0.3 is 5.73 Å². The Bertz CT molecular complexity index is 385. The molecule has 0 aliphatic heterocycles. The minimum absolute atomic E-state index is 0.206. The molecule has 2 N–H and O–H groups in total. The molecule has 2 aromatic heterocycles. The molecule has 0 unspecified atom stereocenters. The van der Waals surface area contributed by atoms with Gasteiger partial charge in [0.25, 0.3) is 0 Å². The fraction of sp³-hybridized carbons (Fsp3) is 0. The van der Waals surface area contributed by atoms with Gasteiger partial charge in [0, 0.05) is 0 Å². The number of hydrogen-bond acceptors (Lipinski definition) is 5. The summed E-state index contributed by atoms with van der Waals surface area (Å²) in [5.41, 5.74) is 6.42. The lowest BCUT2D eigenvalue weighted by Crippen LogP contribution is -1.96. The van der Waals surface area contributed by atoms with Crippen LogP contribution in [-0.2, 0) is 0 Å². The van der Waals surface area contributed by atoms with Crippen LogP contribution < -0.4 is 5.73 Å². The van der Waals surface area contributed by atoms with Gasteiger partial charge in [0.2, 0.25) is 5.95 Å². The highest BCUT2D eigenvalue weighted by Crippen LogP contribution is 2.02. The number of nitrogen functional groups attached to an aromatic ring is 1. The molecule has 5 heteroatoms. The minimum Gasteiger partial charge on any atom is -0.368 e. The van der Waals surface area contributed by atoms with Crippen LogP contribution >= 0.6 is 0 Å². The monoisotopic (exact) mass is 146 g/mol. The highest BCUT2D eigenvalue weighted by atomic mass is 15.0. The summed E-state index contributed by atoms with van der Waals surface area (Å²) in [6.07, 6.45) is 5.53. The fourth-order valence-electron chi connectivity index (χ4n) is 0.742. The molecule has 1 radical (unpaired) electrons. The second-order valence-corrected chi connectivity index (χ2v) is 1.94. The van der Waals surface area contributed by atoms with E-state index < -0.39 is 0 Å². The van der Waals surface area contributed by atoms with Crippen molar-refractivity contribution in [3.05, 3.63) is 18.6 Å². The predicted octanol–water partition coefficient (Wildman–Crippen LogP) is -0.198. The Labute approximate surface area is 62.3 Å². The summed E-state index contributed by atoms with van der Waals surface area (Å²) in [7, 11) is 0. The van der Waals surface area contributed by atoms with E-state index in [0.29, 0.717) is 11.2 Å². The topological polar surface area (TPSA) is 77.6 Å². The standard InChI is InChI=1S/C6H4N5/c7-6-10-3-4-5(11-6)9-2-1-8-4/h2-3H,(H2,7,9,10,11). The SMILES string of the molecule is Nc1ncc2n[c]cnc2n1. The molecule has 5 nitrogen and oxygen atoms in total. The van der Waals surface area contributed by atoms with Crippen molar-refractivity contribution in [2.75, 3.05) is 5.73 Å². The van der Waals surface area contributed by atoms with Crippen LogP contribution in [0.3, 0.4) is 0 Å². The van der Waals surface area contributed by atoms with Crippen LogP contribution in [0.1, 0.15) is 0 Å². The average molecular weight is 146 g/mol. The van der Waals surface area contributed by atoms with E-state index in [2.05, 4.69) is 26.1 Å². The zero-order valence-electron chi connectivity index (χ0n) is 5.52. The molecule has 0 aliphatic carbocycles. The molecule has 2 rings (SSSR count). The van der Waals surface area contributed by atoms with Crippen LogP contribution in [0.4, 0.5) is 5.95 Å². The molecule has 0 saturated carbocycles. The van der Waals surface area contributed by atoms with E-state index in [1.807, 2.05) is 0 Å². The van der Waals surface area contributed by atoms with Gasteiger partial charge in [0.15, 0.2) is 5.65 Å². The molecule has 0 spiro atoms. The molecule has 0 aliphatic rings. The van der Waals surface area contributed by atoms with Crippen LogP contribution in [0.2, 0.25) is 0 Å². The molecule has 11 heavy (non-hydrogen) atoms. The maximum Gasteiger partial charge on any atom is 0.222 e.